The third kappa shape index (κ3) is 9.57. The summed E-state index contributed by atoms with van der Waals surface area (Å²) in [4.78, 5) is 4.92. The minimum Gasteiger partial charge on any atom is -0.497 e. The van der Waals surface area contributed by atoms with Crippen LogP contribution in [0.15, 0.2) is 249 Å². The number of piperidine rings is 1. The molecule has 0 aromatic heterocycles. The molecule has 4 aliphatic heterocycles. The molecule has 2 unspecified atom stereocenters. The van der Waals surface area contributed by atoms with Crippen LogP contribution in [0.5, 0.6) is 23.0 Å². The lowest BCUT2D eigenvalue weighted by atomic mass is 9.67. The van der Waals surface area contributed by atoms with Crippen LogP contribution in [0.25, 0.3) is 77.5 Å². The first-order valence-corrected chi connectivity index (χ1v) is 38.2. The second kappa shape index (κ2) is 25.2. The van der Waals surface area contributed by atoms with E-state index < -0.39 is 16.6 Å². The Kier molecular flexibility index (Phi) is 15.3. The van der Waals surface area contributed by atoms with Gasteiger partial charge in [-0.1, -0.05) is 220 Å². The molecular formula is C97H84N2O6. The van der Waals surface area contributed by atoms with Gasteiger partial charge in [-0.3, -0.25) is 0 Å². The third-order valence-electron chi connectivity index (χ3n) is 25.0. The van der Waals surface area contributed by atoms with Crippen molar-refractivity contribution in [3.05, 3.63) is 321 Å². The van der Waals surface area contributed by atoms with Crippen LogP contribution >= 0.6 is 0 Å². The number of fused-ring (bicyclic) bond motifs is 22. The van der Waals surface area contributed by atoms with E-state index in [1.807, 2.05) is 0 Å². The van der Waals surface area contributed by atoms with Crippen molar-refractivity contribution in [2.75, 3.05) is 63.4 Å². The summed E-state index contributed by atoms with van der Waals surface area (Å²) in [7, 11) is 3.49. The van der Waals surface area contributed by atoms with Crippen molar-refractivity contribution in [1.29, 1.82) is 0 Å². The highest BCUT2D eigenvalue weighted by Gasteiger charge is 2.55. The van der Waals surface area contributed by atoms with Gasteiger partial charge in [-0.25, -0.2) is 0 Å². The third-order valence-corrected chi connectivity index (χ3v) is 25.0. The number of nitrogens with zero attached hydrogens (tertiary/aromatic N) is 2. The summed E-state index contributed by atoms with van der Waals surface area (Å²) in [5.74, 6) is 3.43. The van der Waals surface area contributed by atoms with Gasteiger partial charge in [-0.15, -0.1) is 0 Å². The Hall–Kier alpha value is -10.9. The van der Waals surface area contributed by atoms with Gasteiger partial charge in [0.2, 0.25) is 0 Å². The van der Waals surface area contributed by atoms with E-state index in [0.29, 0.717) is 0 Å². The highest BCUT2D eigenvalue weighted by Crippen LogP contribution is 2.68. The second-order valence-corrected chi connectivity index (χ2v) is 30.2. The number of ether oxygens (including phenoxy) is 5. The molecule has 2 atom stereocenters. The molecule has 4 heterocycles. The average Bonchev–Trinajstić information content (AvgIpc) is 1.49. The smallest absolute Gasteiger partial charge is 0.178 e. The second-order valence-electron chi connectivity index (χ2n) is 30.2. The highest BCUT2D eigenvalue weighted by molar-refractivity contribution is 6.20. The van der Waals surface area contributed by atoms with E-state index in [1.165, 1.54) is 164 Å². The number of hydrogen-bond acceptors (Lipinski definition) is 8. The van der Waals surface area contributed by atoms with Gasteiger partial charge < -0.3 is 38.6 Å². The van der Waals surface area contributed by atoms with E-state index in [9.17, 15) is 5.11 Å². The van der Waals surface area contributed by atoms with Crippen molar-refractivity contribution in [3.63, 3.8) is 0 Å². The molecule has 105 heavy (non-hydrogen) atoms. The molecule has 13 aromatic rings. The fraction of sp³-hybridized carbons (Fsp3) is 0.237. The van der Waals surface area contributed by atoms with E-state index in [2.05, 4.69) is 271 Å². The summed E-state index contributed by atoms with van der Waals surface area (Å²) in [6, 6.07) is 86.4. The van der Waals surface area contributed by atoms with Crippen LogP contribution in [-0.2, 0) is 33.4 Å². The van der Waals surface area contributed by atoms with E-state index in [1.54, 1.807) is 14.2 Å². The fourth-order valence-corrected chi connectivity index (χ4v) is 20.2. The van der Waals surface area contributed by atoms with E-state index in [4.69, 9.17) is 23.7 Å². The summed E-state index contributed by atoms with van der Waals surface area (Å²) in [6.45, 7) is 5.46. The molecule has 2 saturated heterocycles. The number of benzene rings is 13. The number of methoxy groups -OCH3 is 2. The van der Waals surface area contributed by atoms with Crippen LogP contribution in [0.2, 0.25) is 0 Å². The molecule has 4 aliphatic carbocycles. The number of morpholine rings is 1. The highest BCUT2D eigenvalue weighted by atomic mass is 16.5. The lowest BCUT2D eigenvalue weighted by Crippen LogP contribution is -2.37. The summed E-state index contributed by atoms with van der Waals surface area (Å²) >= 11 is 0. The Balaban J connectivity index is 0.000000142. The minimum atomic E-state index is -0.913. The standard InChI is InChI=1S/C52H39NO4.C45H45NO2/c1-55-38-20-22-39-42(30-38)50-41(23-24-51(57-50,35-9-3-2-4-10-35)36-16-18-37(19-17-36)53-25-27-56-28-26-53)49-48(39)40-21-13-32(31-54)29-45(40)52(49)43-11-5-7-33-14-15-34-8-6-12-44(52)47(34)46(33)43;1-47-35-23-24-36-39(31-35)43-38(42-41(36)37-17-9-10-18-40(37)44(42)26-11-3-2-4-12-27-44)25-28-45(48-43,32-15-7-5-8-16-32)33-19-21-34(22-20-33)46-29-13-6-14-30-46/h2-24,29-30,54H,25-28,31H2,1H3;5,7-10,15-25,28,31H,2-4,6,11-14,26-27,29-30H2,1H3. The average molecular weight is 1370 g/mol. The van der Waals surface area contributed by atoms with Crippen LogP contribution in [0.4, 0.5) is 11.4 Å². The molecule has 0 bridgehead atoms. The van der Waals surface area contributed by atoms with Crippen molar-refractivity contribution >= 4 is 66.6 Å². The van der Waals surface area contributed by atoms with Gasteiger partial charge in [0, 0.05) is 87.1 Å². The first-order chi connectivity index (χ1) is 51.9. The molecule has 518 valence electrons. The number of hydrogen-bond donors (Lipinski definition) is 1. The summed E-state index contributed by atoms with van der Waals surface area (Å²) in [6.07, 6.45) is 22.1. The number of rotatable bonds is 9. The summed E-state index contributed by atoms with van der Waals surface area (Å²) < 4.78 is 32.9. The molecule has 2 spiro atoms. The van der Waals surface area contributed by atoms with Gasteiger partial charge in [0.05, 0.1) is 39.5 Å². The lowest BCUT2D eigenvalue weighted by Gasteiger charge is -2.40. The number of anilines is 2. The van der Waals surface area contributed by atoms with E-state index in [0.717, 1.165) is 112 Å². The predicted molar refractivity (Wildman–Crippen MR) is 427 cm³/mol. The van der Waals surface area contributed by atoms with Gasteiger partial charge in [-0.05, 0) is 198 Å². The van der Waals surface area contributed by atoms with Gasteiger partial charge in [0.25, 0.3) is 0 Å². The summed E-state index contributed by atoms with van der Waals surface area (Å²) in [5.41, 5.74) is 20.8. The normalized spacial score (nSPS) is 19.6. The molecule has 8 nitrogen and oxygen atoms in total. The first kappa shape index (κ1) is 63.8. The van der Waals surface area contributed by atoms with Gasteiger partial charge in [0.15, 0.2) is 11.2 Å². The quantitative estimate of drug-likeness (QED) is 0.143. The van der Waals surface area contributed by atoms with Gasteiger partial charge in [0.1, 0.15) is 23.0 Å². The maximum absolute atomic E-state index is 10.6. The zero-order chi connectivity index (χ0) is 70.0. The van der Waals surface area contributed by atoms with Crippen molar-refractivity contribution < 1.29 is 28.8 Å². The molecule has 8 heteroatoms. The zero-order valence-corrected chi connectivity index (χ0v) is 59.7. The van der Waals surface area contributed by atoms with Crippen LogP contribution in [0, 0.1) is 0 Å². The van der Waals surface area contributed by atoms with Crippen molar-refractivity contribution in [2.24, 2.45) is 0 Å². The fourth-order valence-electron chi connectivity index (χ4n) is 20.2. The molecular weight excluding hydrogens is 1290 g/mol. The molecule has 13 aromatic carbocycles. The van der Waals surface area contributed by atoms with Crippen molar-refractivity contribution in [1.82, 2.24) is 0 Å². The van der Waals surface area contributed by atoms with Gasteiger partial charge in [-0.2, -0.15) is 0 Å². The van der Waals surface area contributed by atoms with Crippen molar-refractivity contribution in [3.8, 4) is 45.3 Å². The maximum atomic E-state index is 10.6. The largest absolute Gasteiger partial charge is 0.497 e. The first-order valence-electron chi connectivity index (χ1n) is 38.2. The zero-order valence-electron chi connectivity index (χ0n) is 59.7. The molecule has 1 saturated carbocycles. The molecule has 0 radical (unpaired) electrons. The Morgan fingerprint density at radius 3 is 1.43 bits per heavy atom. The van der Waals surface area contributed by atoms with Crippen LogP contribution < -0.4 is 28.7 Å². The Morgan fingerprint density at radius 2 is 0.876 bits per heavy atom. The van der Waals surface area contributed by atoms with Crippen molar-refractivity contribution in [2.45, 2.75) is 92.8 Å². The lowest BCUT2D eigenvalue weighted by molar-refractivity contribution is 0.122. The van der Waals surface area contributed by atoms with E-state index >= 15 is 0 Å². The molecule has 8 aliphatic rings. The van der Waals surface area contributed by atoms with Crippen LogP contribution in [0.1, 0.15) is 137 Å². The van der Waals surface area contributed by atoms with Gasteiger partial charge >= 0.3 is 0 Å². The van der Waals surface area contributed by atoms with E-state index in [-0.39, 0.29) is 12.0 Å². The molecule has 1 N–H and O–H groups in total. The van der Waals surface area contributed by atoms with Crippen LogP contribution in [0.3, 0.4) is 0 Å². The molecule has 0 amide bonds. The Labute approximate surface area is 614 Å². The minimum absolute atomic E-state index is 0.0128. The number of aliphatic hydroxyl groups excluding tert-OH is 1. The topological polar surface area (TPSA) is 72.9 Å². The monoisotopic (exact) mass is 1370 g/mol. The molecule has 21 rings (SSSR count). The maximum Gasteiger partial charge on any atom is 0.178 e. The Morgan fingerprint density at radius 1 is 0.400 bits per heavy atom. The Bertz CT molecular complexity index is 5620. The SMILES string of the molecule is COc1ccc2c3c(c4c(c2c1)OC(c1ccccc1)(c1ccc(N2CCCCC2)cc1)C=C4)C1(CCCCCCC1)c1ccccc1-3.COc1ccc2c3c(c4c(c2c1)OC(c1ccccc1)(c1ccc(N2CCOCC2)cc1)C=C4)C1(c2cc(CO)ccc2-3)c2cccc3ccc4cccc1c4c23. The summed E-state index contributed by atoms with van der Waals surface area (Å²) in [5, 5.41) is 20.2. The predicted octanol–water partition coefficient (Wildman–Crippen LogP) is 21.7. The van der Waals surface area contributed by atoms with Crippen LogP contribution in [-0.4, -0.2) is 58.7 Å². The molecule has 3 fully saturated rings. The number of aliphatic hydroxyl groups is 1.